The molecule has 0 N–H and O–H groups in total. The summed E-state index contributed by atoms with van der Waals surface area (Å²) < 4.78 is 6.53. The second-order valence-corrected chi connectivity index (χ2v) is 12.3. The largest absolute Gasteiger partial charge is 0.456 e. The van der Waals surface area contributed by atoms with Gasteiger partial charge in [0.2, 0.25) is 0 Å². The Bertz CT molecular complexity index is 1350. The molecule has 1 aliphatic rings. The molecular formula is C33H26OP+. The van der Waals surface area contributed by atoms with Crippen molar-refractivity contribution in [2.24, 2.45) is 0 Å². The van der Waals surface area contributed by atoms with Crippen molar-refractivity contribution in [3.63, 3.8) is 0 Å². The van der Waals surface area contributed by atoms with E-state index in [1.54, 1.807) is 0 Å². The van der Waals surface area contributed by atoms with Gasteiger partial charge in [-0.3, -0.25) is 0 Å². The van der Waals surface area contributed by atoms with E-state index in [-0.39, 0.29) is 5.66 Å². The number of allylic oxidation sites excluding steroid dienone is 1. The van der Waals surface area contributed by atoms with Crippen molar-refractivity contribution < 1.29 is 4.74 Å². The van der Waals surface area contributed by atoms with Gasteiger partial charge in [0.1, 0.15) is 40.3 Å². The van der Waals surface area contributed by atoms with Gasteiger partial charge in [-0.15, -0.1) is 0 Å². The number of ether oxygens (including phenoxy) is 1. The molecule has 168 valence electrons. The summed E-state index contributed by atoms with van der Waals surface area (Å²) in [5, 5.41) is 4.09. The summed E-state index contributed by atoms with van der Waals surface area (Å²) in [5.74, 6) is 1.85. The van der Waals surface area contributed by atoms with Crippen LogP contribution in [0.3, 0.4) is 0 Å². The maximum atomic E-state index is 6.53. The quantitative estimate of drug-likeness (QED) is 0.248. The molecule has 0 spiro atoms. The van der Waals surface area contributed by atoms with E-state index >= 15 is 0 Å². The molecule has 1 heterocycles. The van der Waals surface area contributed by atoms with Crippen LogP contribution >= 0.6 is 7.26 Å². The Balaban J connectivity index is 1.72. The zero-order chi connectivity index (χ0) is 23.5. The average Bonchev–Trinajstić information content (AvgIpc) is 2.95. The number of rotatable bonds is 5. The van der Waals surface area contributed by atoms with Crippen molar-refractivity contribution in [1.82, 2.24) is 0 Å². The van der Waals surface area contributed by atoms with Crippen LogP contribution in [-0.2, 0) is 0 Å². The number of hydrogen-bond acceptors (Lipinski definition) is 1. The molecule has 1 atom stereocenters. The van der Waals surface area contributed by atoms with E-state index in [2.05, 4.69) is 146 Å². The fourth-order valence-electron chi connectivity index (χ4n) is 5.20. The van der Waals surface area contributed by atoms with Gasteiger partial charge < -0.3 is 4.74 Å². The van der Waals surface area contributed by atoms with Crippen LogP contribution in [0, 0.1) is 0 Å². The molecule has 5 aromatic rings. The van der Waals surface area contributed by atoms with E-state index in [0.29, 0.717) is 0 Å². The molecule has 0 bridgehead atoms. The summed E-state index contributed by atoms with van der Waals surface area (Å²) in [7, 11) is -2.18. The van der Waals surface area contributed by atoms with E-state index in [4.69, 9.17) is 4.74 Å². The first-order valence-corrected chi connectivity index (χ1v) is 13.8. The fourth-order valence-corrected chi connectivity index (χ4v) is 9.97. The average molecular weight is 470 g/mol. The minimum Gasteiger partial charge on any atom is -0.456 e. The van der Waals surface area contributed by atoms with Gasteiger partial charge in [-0.05, 0) is 42.5 Å². The van der Waals surface area contributed by atoms with Crippen molar-refractivity contribution in [2.45, 2.75) is 5.66 Å². The van der Waals surface area contributed by atoms with Crippen LogP contribution in [0.1, 0.15) is 16.8 Å². The highest BCUT2D eigenvalue weighted by atomic mass is 31.2. The predicted octanol–water partition coefficient (Wildman–Crippen LogP) is 7.16. The molecular weight excluding hydrogens is 443 g/mol. The topological polar surface area (TPSA) is 9.23 Å². The summed E-state index contributed by atoms with van der Waals surface area (Å²) in [5.41, 5.74) is 2.45. The Morgan fingerprint density at radius 1 is 0.457 bits per heavy atom. The van der Waals surface area contributed by atoms with E-state index in [9.17, 15) is 0 Å². The minimum absolute atomic E-state index is 0.120. The lowest BCUT2D eigenvalue weighted by molar-refractivity contribution is 0.497. The highest BCUT2D eigenvalue weighted by Gasteiger charge is 2.54. The minimum atomic E-state index is -2.18. The highest BCUT2D eigenvalue weighted by molar-refractivity contribution is 7.96. The van der Waals surface area contributed by atoms with Gasteiger partial charge in [0.15, 0.2) is 0 Å². The second-order valence-electron chi connectivity index (χ2n) is 8.71. The number of benzene rings is 5. The normalized spacial score (nSPS) is 15.0. The van der Waals surface area contributed by atoms with Crippen molar-refractivity contribution in [3.05, 3.63) is 163 Å². The molecule has 0 amide bonds. The van der Waals surface area contributed by atoms with E-state index in [0.717, 1.165) is 17.1 Å². The van der Waals surface area contributed by atoms with Crippen LogP contribution in [0.2, 0.25) is 0 Å². The van der Waals surface area contributed by atoms with Crippen LogP contribution in [0.5, 0.6) is 5.75 Å². The second kappa shape index (κ2) is 9.37. The Hall–Kier alpha value is -3.93. The Morgan fingerprint density at radius 3 is 1.40 bits per heavy atom. The lowest BCUT2D eigenvalue weighted by Gasteiger charge is -2.36. The first-order valence-electron chi connectivity index (χ1n) is 12.0. The fraction of sp³-hybridized carbons (Fsp3) is 0.0303. The standard InChI is InChI=1S/C33H26OP/c1-5-15-26(16-6-1)32-25-33(30-23-13-14-24-31(30)34-32)35(27-17-7-2-8-18-27,28-19-9-3-10-20-28)29-21-11-4-12-22-29/h1-25,33H/q+1/t33-/m1/s1. The highest BCUT2D eigenvalue weighted by Crippen LogP contribution is 2.69. The van der Waals surface area contributed by atoms with Gasteiger partial charge in [0.05, 0.1) is 0 Å². The van der Waals surface area contributed by atoms with Gasteiger partial charge >= 0.3 is 0 Å². The molecule has 0 radical (unpaired) electrons. The zero-order valence-electron chi connectivity index (χ0n) is 19.4. The predicted molar refractivity (Wildman–Crippen MR) is 149 cm³/mol. The van der Waals surface area contributed by atoms with E-state index < -0.39 is 7.26 Å². The lowest BCUT2D eigenvalue weighted by atomic mass is 10.0. The van der Waals surface area contributed by atoms with E-state index in [1.807, 2.05) is 6.07 Å². The monoisotopic (exact) mass is 469 g/mol. The molecule has 2 heteroatoms. The summed E-state index contributed by atoms with van der Waals surface area (Å²) in [4.78, 5) is 0. The Labute approximate surface area is 207 Å². The Kier molecular flexibility index (Phi) is 5.78. The first kappa shape index (κ1) is 21.6. The van der Waals surface area contributed by atoms with Crippen LogP contribution in [0.15, 0.2) is 152 Å². The smallest absolute Gasteiger partial charge is 0.134 e. The van der Waals surface area contributed by atoms with Crippen LogP contribution in [0.4, 0.5) is 0 Å². The van der Waals surface area contributed by atoms with Gasteiger partial charge in [-0.1, -0.05) is 103 Å². The van der Waals surface area contributed by atoms with E-state index in [1.165, 1.54) is 21.5 Å². The third-order valence-corrected chi connectivity index (χ3v) is 11.3. The molecule has 0 fully saturated rings. The molecule has 1 nitrogen and oxygen atoms in total. The number of hydrogen-bond donors (Lipinski definition) is 0. The summed E-state index contributed by atoms with van der Waals surface area (Å²) in [6, 6.07) is 52.2. The maximum absolute atomic E-state index is 6.53. The van der Waals surface area contributed by atoms with Gasteiger partial charge in [-0.2, -0.15) is 0 Å². The summed E-state index contributed by atoms with van der Waals surface area (Å²) >= 11 is 0. The van der Waals surface area contributed by atoms with Gasteiger partial charge in [0, 0.05) is 17.2 Å². The molecule has 6 rings (SSSR count). The molecule has 0 saturated carbocycles. The molecule has 0 aromatic heterocycles. The van der Waals surface area contributed by atoms with Crippen LogP contribution in [0.25, 0.3) is 5.76 Å². The van der Waals surface area contributed by atoms with Gasteiger partial charge in [0.25, 0.3) is 0 Å². The van der Waals surface area contributed by atoms with Crippen molar-refractivity contribution in [1.29, 1.82) is 0 Å². The molecule has 35 heavy (non-hydrogen) atoms. The third-order valence-electron chi connectivity index (χ3n) is 6.73. The third kappa shape index (κ3) is 3.79. The van der Waals surface area contributed by atoms with Crippen molar-refractivity contribution in [3.8, 4) is 5.75 Å². The SMILES string of the molecule is C1=C(c2ccccc2)Oc2ccccc2[C@@H]1[P+](c1ccccc1)(c1ccccc1)c1ccccc1. The number of fused-ring (bicyclic) bond motifs is 1. The van der Waals surface area contributed by atoms with Crippen LogP contribution < -0.4 is 20.7 Å². The zero-order valence-corrected chi connectivity index (χ0v) is 20.3. The van der Waals surface area contributed by atoms with Crippen molar-refractivity contribution in [2.75, 3.05) is 0 Å². The maximum Gasteiger partial charge on any atom is 0.134 e. The molecule has 1 aliphatic heterocycles. The molecule has 0 saturated heterocycles. The molecule has 0 unspecified atom stereocenters. The van der Waals surface area contributed by atoms with Crippen molar-refractivity contribution >= 4 is 28.9 Å². The lowest BCUT2D eigenvalue weighted by Crippen LogP contribution is -2.35. The summed E-state index contributed by atoms with van der Waals surface area (Å²) in [6.45, 7) is 0. The Morgan fingerprint density at radius 2 is 0.886 bits per heavy atom. The molecule has 0 aliphatic carbocycles. The van der Waals surface area contributed by atoms with Crippen LogP contribution in [-0.4, -0.2) is 0 Å². The number of para-hydroxylation sites is 1. The summed E-state index contributed by atoms with van der Waals surface area (Å²) in [6.07, 6.45) is 2.37. The first-order chi connectivity index (χ1) is 17.4. The van der Waals surface area contributed by atoms with Gasteiger partial charge in [-0.25, -0.2) is 0 Å². The molecule has 5 aromatic carbocycles.